The summed E-state index contributed by atoms with van der Waals surface area (Å²) in [7, 11) is 0. The monoisotopic (exact) mass is 408 g/mol. The van der Waals surface area contributed by atoms with E-state index in [2.05, 4.69) is 10.3 Å². The molecule has 1 N–H and O–H groups in total. The number of ether oxygens (including phenoxy) is 3. The van der Waals surface area contributed by atoms with Crippen LogP contribution in [0.1, 0.15) is 35.3 Å². The van der Waals surface area contributed by atoms with Crippen molar-refractivity contribution < 1.29 is 32.2 Å². The van der Waals surface area contributed by atoms with Gasteiger partial charge >= 0.3 is 6.18 Å². The Morgan fingerprint density at radius 2 is 1.83 bits per heavy atom. The Morgan fingerprint density at radius 1 is 1.14 bits per heavy atom. The Bertz CT molecular complexity index is 909. The molecule has 29 heavy (non-hydrogen) atoms. The molecule has 0 fully saturated rings. The first-order chi connectivity index (χ1) is 13.7. The molecule has 0 saturated carbocycles. The zero-order chi connectivity index (χ0) is 21.0. The second kappa shape index (κ2) is 8.42. The predicted molar refractivity (Wildman–Crippen MR) is 98.8 cm³/mol. The molecule has 0 spiro atoms. The van der Waals surface area contributed by atoms with E-state index in [0.717, 1.165) is 29.8 Å². The number of carbonyl (C=O) groups excluding carboxylic acids is 1. The molecule has 6 nitrogen and oxygen atoms in total. The van der Waals surface area contributed by atoms with E-state index in [4.69, 9.17) is 14.2 Å². The number of carbonyl (C=O) groups is 1. The molecule has 1 heterocycles. The van der Waals surface area contributed by atoms with E-state index < -0.39 is 17.6 Å². The van der Waals surface area contributed by atoms with Crippen LogP contribution in [0.2, 0.25) is 0 Å². The van der Waals surface area contributed by atoms with Gasteiger partial charge < -0.3 is 14.2 Å². The highest BCUT2D eigenvalue weighted by Crippen LogP contribution is 2.32. The summed E-state index contributed by atoms with van der Waals surface area (Å²) >= 11 is 0. The van der Waals surface area contributed by atoms with Crippen LogP contribution in [0.25, 0.3) is 0 Å². The molecule has 1 amide bonds. The average Bonchev–Trinajstić information content (AvgIpc) is 3.13. The summed E-state index contributed by atoms with van der Waals surface area (Å²) in [4.78, 5) is 16.6. The van der Waals surface area contributed by atoms with Gasteiger partial charge in [0.2, 0.25) is 6.79 Å². The summed E-state index contributed by atoms with van der Waals surface area (Å²) in [5.74, 6) is 0.633. The molecule has 3 rings (SSSR count). The van der Waals surface area contributed by atoms with Crippen molar-refractivity contribution in [2.45, 2.75) is 32.7 Å². The van der Waals surface area contributed by atoms with Gasteiger partial charge in [-0.15, -0.1) is 0 Å². The minimum Gasteiger partial charge on any atom is -0.462 e. The first-order valence-electron chi connectivity index (χ1n) is 8.80. The van der Waals surface area contributed by atoms with Crippen LogP contribution in [0.5, 0.6) is 11.5 Å². The number of benzene rings is 2. The van der Waals surface area contributed by atoms with Gasteiger partial charge in [-0.25, -0.2) is 4.99 Å². The lowest BCUT2D eigenvalue weighted by Crippen LogP contribution is -2.34. The quantitative estimate of drug-likeness (QED) is 0.610. The van der Waals surface area contributed by atoms with Crippen molar-refractivity contribution in [3.63, 3.8) is 0 Å². The lowest BCUT2D eigenvalue weighted by Gasteiger charge is -2.14. The van der Waals surface area contributed by atoms with Crippen LogP contribution in [0.3, 0.4) is 0 Å². The lowest BCUT2D eigenvalue weighted by molar-refractivity contribution is -0.137. The van der Waals surface area contributed by atoms with E-state index in [1.807, 2.05) is 6.07 Å². The second-order valence-corrected chi connectivity index (χ2v) is 6.50. The molecule has 0 bridgehead atoms. The van der Waals surface area contributed by atoms with Crippen molar-refractivity contribution >= 4 is 11.9 Å². The zero-order valence-corrected chi connectivity index (χ0v) is 15.7. The van der Waals surface area contributed by atoms with E-state index in [-0.39, 0.29) is 31.0 Å². The maximum Gasteiger partial charge on any atom is 0.416 e. The van der Waals surface area contributed by atoms with Crippen molar-refractivity contribution in [3.8, 4) is 11.5 Å². The Kier molecular flexibility index (Phi) is 5.95. The van der Waals surface area contributed by atoms with Crippen LogP contribution in [-0.4, -0.2) is 24.8 Å². The zero-order valence-electron chi connectivity index (χ0n) is 15.7. The van der Waals surface area contributed by atoms with Gasteiger partial charge in [0, 0.05) is 5.56 Å². The van der Waals surface area contributed by atoms with E-state index >= 15 is 0 Å². The van der Waals surface area contributed by atoms with Gasteiger partial charge in [0.05, 0.1) is 18.2 Å². The number of rotatable bonds is 4. The molecule has 2 aromatic rings. The van der Waals surface area contributed by atoms with E-state index in [1.54, 1.807) is 26.0 Å². The van der Waals surface area contributed by atoms with Gasteiger partial charge in [-0.3, -0.25) is 10.1 Å². The molecular weight excluding hydrogens is 389 g/mol. The molecule has 0 radical (unpaired) electrons. The molecule has 0 unspecified atom stereocenters. The predicted octanol–water partition coefficient (Wildman–Crippen LogP) is 4.15. The van der Waals surface area contributed by atoms with Gasteiger partial charge in [0.15, 0.2) is 11.5 Å². The van der Waals surface area contributed by atoms with Crippen molar-refractivity contribution in [1.82, 2.24) is 5.32 Å². The number of alkyl halides is 3. The third-order valence-electron chi connectivity index (χ3n) is 3.88. The van der Waals surface area contributed by atoms with Crippen molar-refractivity contribution in [2.24, 2.45) is 4.99 Å². The maximum atomic E-state index is 12.7. The van der Waals surface area contributed by atoms with Gasteiger partial charge in [-0.2, -0.15) is 13.2 Å². The fourth-order valence-corrected chi connectivity index (χ4v) is 2.51. The summed E-state index contributed by atoms with van der Waals surface area (Å²) in [6.45, 7) is 3.89. The lowest BCUT2D eigenvalue weighted by atomic mass is 10.1. The van der Waals surface area contributed by atoms with Crippen molar-refractivity contribution in [2.75, 3.05) is 6.79 Å². The number of nitrogens with one attached hydrogen (secondary N) is 1. The fraction of sp³-hybridized carbons (Fsp3) is 0.300. The summed E-state index contributed by atoms with van der Waals surface area (Å²) in [5.41, 5.74) is 0.0354. The summed E-state index contributed by atoms with van der Waals surface area (Å²) in [6, 6.07) is 9.22. The number of amidine groups is 1. The van der Waals surface area contributed by atoms with E-state index in [9.17, 15) is 18.0 Å². The Morgan fingerprint density at radius 3 is 2.48 bits per heavy atom. The molecule has 1 aliphatic heterocycles. The maximum absolute atomic E-state index is 12.7. The van der Waals surface area contributed by atoms with Crippen LogP contribution in [-0.2, 0) is 17.5 Å². The summed E-state index contributed by atoms with van der Waals surface area (Å²) in [6.07, 6.45) is -4.73. The highest BCUT2D eigenvalue weighted by atomic mass is 19.4. The summed E-state index contributed by atoms with van der Waals surface area (Å²) in [5, 5.41) is 2.50. The number of nitrogens with zero attached hydrogens (tertiary/aromatic N) is 1. The van der Waals surface area contributed by atoms with Crippen LogP contribution >= 0.6 is 0 Å². The van der Waals surface area contributed by atoms with Crippen LogP contribution in [0.4, 0.5) is 13.2 Å². The smallest absolute Gasteiger partial charge is 0.416 e. The first-order valence-corrected chi connectivity index (χ1v) is 8.80. The molecule has 0 atom stereocenters. The SMILES string of the molecule is CC(C)OC(=NCc1ccc2c(c1)OCO2)NC(=O)c1ccc(C(F)(F)F)cc1. The number of hydrogen-bond acceptors (Lipinski definition) is 5. The third kappa shape index (κ3) is 5.40. The number of hydrogen-bond donors (Lipinski definition) is 1. The molecule has 1 aliphatic rings. The van der Waals surface area contributed by atoms with Crippen LogP contribution in [0, 0.1) is 0 Å². The average molecular weight is 408 g/mol. The third-order valence-corrected chi connectivity index (χ3v) is 3.88. The minimum absolute atomic E-state index is 0.0254. The molecule has 0 aliphatic carbocycles. The van der Waals surface area contributed by atoms with Crippen molar-refractivity contribution in [1.29, 1.82) is 0 Å². The normalized spacial score (nSPS) is 13.5. The molecule has 2 aromatic carbocycles. The van der Waals surface area contributed by atoms with Gasteiger partial charge in [-0.1, -0.05) is 6.07 Å². The molecular formula is C20H19F3N2O4. The van der Waals surface area contributed by atoms with Crippen molar-refractivity contribution in [3.05, 3.63) is 59.2 Å². The highest BCUT2D eigenvalue weighted by molar-refractivity contribution is 6.04. The second-order valence-electron chi connectivity index (χ2n) is 6.50. The number of aliphatic imine (C=N–C) groups is 1. The first kappa shape index (κ1) is 20.5. The van der Waals surface area contributed by atoms with Gasteiger partial charge in [0.25, 0.3) is 11.9 Å². The Balaban J connectivity index is 1.71. The van der Waals surface area contributed by atoms with Crippen LogP contribution in [0.15, 0.2) is 47.5 Å². The topological polar surface area (TPSA) is 69.2 Å². The fourth-order valence-electron chi connectivity index (χ4n) is 2.51. The Hall–Kier alpha value is -3.23. The number of fused-ring (bicyclic) bond motifs is 1. The molecule has 0 saturated heterocycles. The number of halogens is 3. The molecule has 0 aromatic heterocycles. The standard InChI is InChI=1S/C20H19F3N2O4/c1-12(2)29-19(24-10-13-3-8-16-17(9-13)28-11-27-16)25-18(26)14-4-6-15(7-5-14)20(21,22)23/h3-9,12H,10-11H2,1-2H3,(H,24,25,26). The molecule has 154 valence electrons. The van der Waals surface area contributed by atoms with E-state index in [1.165, 1.54) is 0 Å². The largest absolute Gasteiger partial charge is 0.462 e. The minimum atomic E-state index is -4.47. The molecule has 9 heteroatoms. The highest BCUT2D eigenvalue weighted by Gasteiger charge is 2.30. The van der Waals surface area contributed by atoms with Crippen LogP contribution < -0.4 is 14.8 Å². The Labute approximate surface area is 165 Å². The summed E-state index contributed by atoms with van der Waals surface area (Å²) < 4.78 is 54.1. The van der Waals surface area contributed by atoms with E-state index in [0.29, 0.717) is 11.5 Å². The van der Waals surface area contributed by atoms with Gasteiger partial charge in [0.1, 0.15) is 0 Å². The van der Waals surface area contributed by atoms with Gasteiger partial charge in [-0.05, 0) is 55.8 Å². The number of amides is 1.